The molecule has 2 aliphatic rings. The van der Waals surface area contributed by atoms with E-state index in [1.54, 1.807) is 12.1 Å². The summed E-state index contributed by atoms with van der Waals surface area (Å²) in [6, 6.07) is 7.32. The molecule has 1 atom stereocenters. The van der Waals surface area contributed by atoms with Crippen LogP contribution in [0.15, 0.2) is 29.8 Å². The molecule has 1 unspecified atom stereocenters. The summed E-state index contributed by atoms with van der Waals surface area (Å²) in [5, 5.41) is 1.46. The molecule has 4 rings (SSSR count). The average Bonchev–Trinajstić information content (AvgIpc) is 2.59. The Bertz CT molecular complexity index is 1020. The van der Waals surface area contributed by atoms with Crippen LogP contribution in [-0.4, -0.2) is 17.3 Å². The fourth-order valence-electron chi connectivity index (χ4n) is 4.36. The molecular formula is C23H22O3. The van der Waals surface area contributed by atoms with Gasteiger partial charge in [0.1, 0.15) is 0 Å². The molecular weight excluding hydrogens is 324 g/mol. The Kier molecular flexibility index (Phi) is 3.91. The van der Waals surface area contributed by atoms with E-state index in [1.165, 1.54) is 12.5 Å². The summed E-state index contributed by atoms with van der Waals surface area (Å²) in [5.74, 6) is -0.159. The number of hydrogen-bond acceptors (Lipinski definition) is 3. The Balaban J connectivity index is 2.18. The molecule has 1 saturated carbocycles. The zero-order chi connectivity index (χ0) is 18.6. The highest BCUT2D eigenvalue weighted by Gasteiger charge is 2.34. The Hall–Kier alpha value is -2.55. The second-order valence-corrected chi connectivity index (χ2v) is 7.36. The molecule has 132 valence electrons. The van der Waals surface area contributed by atoms with Gasteiger partial charge in [-0.2, -0.15) is 0 Å². The predicted octanol–water partition coefficient (Wildman–Crippen LogP) is 5.41. The van der Waals surface area contributed by atoms with Gasteiger partial charge in [0.05, 0.1) is 0 Å². The topological polar surface area (TPSA) is 51.2 Å². The van der Waals surface area contributed by atoms with Gasteiger partial charge in [-0.1, -0.05) is 37.6 Å². The first-order valence-electron chi connectivity index (χ1n) is 9.36. The number of hydrogen-bond donors (Lipinski definition) is 0. The second-order valence-electron chi connectivity index (χ2n) is 7.36. The van der Waals surface area contributed by atoms with Crippen LogP contribution < -0.4 is 0 Å². The van der Waals surface area contributed by atoms with Crippen molar-refractivity contribution in [3.05, 3.63) is 52.1 Å². The molecule has 3 nitrogen and oxygen atoms in total. The van der Waals surface area contributed by atoms with Crippen molar-refractivity contribution in [2.45, 2.75) is 46.5 Å². The predicted molar refractivity (Wildman–Crippen MR) is 103 cm³/mol. The maximum Gasteiger partial charge on any atom is 0.170 e. The largest absolute Gasteiger partial charge is 0.294 e. The summed E-state index contributed by atoms with van der Waals surface area (Å²) >= 11 is 0. The van der Waals surface area contributed by atoms with E-state index in [9.17, 15) is 14.4 Å². The zero-order valence-electron chi connectivity index (χ0n) is 15.4. The molecule has 1 fully saturated rings. The molecule has 3 heteroatoms. The third kappa shape index (κ3) is 2.23. The number of carbonyl (C=O) groups is 3. The van der Waals surface area contributed by atoms with Crippen LogP contribution in [0, 0.1) is 5.92 Å². The molecule has 26 heavy (non-hydrogen) atoms. The minimum absolute atomic E-state index is 0.000109. The molecule has 0 heterocycles. The molecule has 0 aliphatic heterocycles. The fraction of sp³-hybridized carbons (Fsp3) is 0.348. The van der Waals surface area contributed by atoms with Crippen LogP contribution in [0.2, 0.25) is 0 Å². The number of Topliss-reactive ketones (excluding diaryl/α,β-unsaturated/α-hetero) is 3. The van der Waals surface area contributed by atoms with E-state index in [1.807, 2.05) is 26.0 Å². The Morgan fingerprint density at radius 2 is 1.65 bits per heavy atom. The minimum Gasteiger partial charge on any atom is -0.294 e. The lowest BCUT2D eigenvalue weighted by atomic mass is 9.71. The summed E-state index contributed by atoms with van der Waals surface area (Å²) in [5.41, 5.74) is 5.23. The summed E-state index contributed by atoms with van der Waals surface area (Å²) < 4.78 is 0. The molecule has 2 aromatic carbocycles. The van der Waals surface area contributed by atoms with Crippen molar-refractivity contribution in [2.75, 3.05) is 0 Å². The summed E-state index contributed by atoms with van der Waals surface area (Å²) in [6.45, 7) is 5.31. The van der Waals surface area contributed by atoms with E-state index in [2.05, 4.69) is 0 Å². The number of allylic oxidation sites excluding steroid dienone is 2. The number of benzene rings is 2. The Morgan fingerprint density at radius 1 is 1.00 bits per heavy atom. The third-order valence-corrected chi connectivity index (χ3v) is 5.88. The smallest absolute Gasteiger partial charge is 0.170 e. The van der Waals surface area contributed by atoms with E-state index >= 15 is 0 Å². The van der Waals surface area contributed by atoms with Gasteiger partial charge in [0.2, 0.25) is 0 Å². The van der Waals surface area contributed by atoms with Crippen molar-refractivity contribution in [1.82, 2.24) is 0 Å². The van der Waals surface area contributed by atoms with Crippen molar-refractivity contribution in [3.8, 4) is 0 Å². The van der Waals surface area contributed by atoms with Gasteiger partial charge >= 0.3 is 0 Å². The fourth-order valence-corrected chi connectivity index (χ4v) is 4.36. The lowest BCUT2D eigenvalue weighted by molar-refractivity contribution is 0.0952. The molecule has 0 saturated heterocycles. The van der Waals surface area contributed by atoms with Gasteiger partial charge in [0, 0.05) is 39.8 Å². The van der Waals surface area contributed by atoms with Crippen molar-refractivity contribution < 1.29 is 14.4 Å². The van der Waals surface area contributed by atoms with Crippen LogP contribution in [0.4, 0.5) is 0 Å². The normalized spacial score (nSPS) is 18.9. The van der Waals surface area contributed by atoms with Gasteiger partial charge in [-0.25, -0.2) is 0 Å². The first-order valence-corrected chi connectivity index (χ1v) is 9.36. The van der Waals surface area contributed by atoms with Crippen LogP contribution in [-0.2, 0) is 0 Å². The molecule has 0 N–H and O–H groups in total. The molecule has 0 bridgehead atoms. The van der Waals surface area contributed by atoms with E-state index in [-0.39, 0.29) is 23.3 Å². The average molecular weight is 346 g/mol. The molecule has 0 amide bonds. The van der Waals surface area contributed by atoms with Crippen LogP contribution in [0.1, 0.15) is 83.1 Å². The second kappa shape index (κ2) is 6.01. The highest BCUT2D eigenvalue weighted by molar-refractivity contribution is 6.26. The number of rotatable bonds is 3. The molecule has 0 aromatic heterocycles. The SMILES string of the molecule is CCC(=O)c1ccc2c3c(ccc(C(C)=O)c13)C(=C1CCC1)C(C)C2=O. The van der Waals surface area contributed by atoms with Crippen molar-refractivity contribution >= 4 is 33.7 Å². The number of ketones is 3. The lowest BCUT2D eigenvalue weighted by Gasteiger charge is -2.31. The highest BCUT2D eigenvalue weighted by Crippen LogP contribution is 2.46. The molecule has 2 aliphatic carbocycles. The first kappa shape index (κ1) is 16.9. The van der Waals surface area contributed by atoms with E-state index in [0.29, 0.717) is 28.5 Å². The van der Waals surface area contributed by atoms with Crippen molar-refractivity contribution in [1.29, 1.82) is 0 Å². The summed E-state index contributed by atoms with van der Waals surface area (Å²) in [7, 11) is 0. The van der Waals surface area contributed by atoms with Gasteiger partial charge < -0.3 is 0 Å². The zero-order valence-corrected chi connectivity index (χ0v) is 15.4. The van der Waals surface area contributed by atoms with E-state index in [4.69, 9.17) is 0 Å². The van der Waals surface area contributed by atoms with Gasteiger partial charge in [-0.3, -0.25) is 14.4 Å². The molecule has 2 aromatic rings. The lowest BCUT2D eigenvalue weighted by Crippen LogP contribution is -2.23. The van der Waals surface area contributed by atoms with Crippen LogP contribution in [0.5, 0.6) is 0 Å². The van der Waals surface area contributed by atoms with Crippen LogP contribution >= 0.6 is 0 Å². The van der Waals surface area contributed by atoms with Crippen molar-refractivity contribution in [2.24, 2.45) is 5.92 Å². The molecule has 0 spiro atoms. The summed E-state index contributed by atoms with van der Waals surface area (Å²) in [6.07, 6.45) is 3.60. The highest BCUT2D eigenvalue weighted by atomic mass is 16.1. The minimum atomic E-state index is -0.170. The Morgan fingerprint density at radius 3 is 2.23 bits per heavy atom. The number of carbonyl (C=O) groups excluding carboxylic acids is 3. The quantitative estimate of drug-likeness (QED) is 0.699. The van der Waals surface area contributed by atoms with Crippen LogP contribution in [0.3, 0.4) is 0 Å². The third-order valence-electron chi connectivity index (χ3n) is 5.88. The van der Waals surface area contributed by atoms with E-state index in [0.717, 1.165) is 35.8 Å². The maximum absolute atomic E-state index is 13.1. The standard InChI is InChI=1S/C23H22O3/c1-4-19(25)16-9-11-18-22-17(10-8-15(13(3)24)21(16)22)20(12(2)23(18)26)14-6-5-7-14/h8-12H,4-7H2,1-3H3. The molecule has 0 radical (unpaired) electrons. The van der Waals surface area contributed by atoms with E-state index < -0.39 is 0 Å². The van der Waals surface area contributed by atoms with Gasteiger partial charge in [-0.15, -0.1) is 0 Å². The first-order chi connectivity index (χ1) is 12.5. The van der Waals surface area contributed by atoms with Gasteiger partial charge in [0.25, 0.3) is 0 Å². The maximum atomic E-state index is 13.1. The van der Waals surface area contributed by atoms with Gasteiger partial charge in [-0.05, 0) is 43.4 Å². The van der Waals surface area contributed by atoms with Crippen LogP contribution in [0.25, 0.3) is 16.3 Å². The monoisotopic (exact) mass is 346 g/mol. The van der Waals surface area contributed by atoms with Crippen molar-refractivity contribution in [3.63, 3.8) is 0 Å². The Labute approximate surface area is 153 Å². The van der Waals surface area contributed by atoms with Gasteiger partial charge in [0.15, 0.2) is 17.3 Å². The summed E-state index contributed by atoms with van der Waals surface area (Å²) in [4.78, 5) is 37.9.